The van der Waals surface area contributed by atoms with Crippen LogP contribution in [0.1, 0.15) is 32.0 Å². The fraction of sp³-hybridized carbons (Fsp3) is 0.261. The molecule has 5 nitrogen and oxygen atoms in total. The van der Waals surface area contributed by atoms with Crippen molar-refractivity contribution in [3.63, 3.8) is 0 Å². The molecule has 3 aromatic rings. The molecule has 2 amide bonds. The molecule has 0 radical (unpaired) electrons. The molecule has 0 spiro atoms. The summed E-state index contributed by atoms with van der Waals surface area (Å²) in [6.45, 7) is 5.44. The van der Waals surface area contributed by atoms with E-state index in [-0.39, 0.29) is 22.4 Å². The van der Waals surface area contributed by atoms with Crippen LogP contribution in [-0.2, 0) is 0 Å². The molecule has 0 N–H and O–H groups in total. The van der Waals surface area contributed by atoms with E-state index in [9.17, 15) is 14.0 Å². The van der Waals surface area contributed by atoms with Gasteiger partial charge in [0, 0.05) is 31.6 Å². The lowest BCUT2D eigenvalue weighted by atomic mass is 10.1. The van der Waals surface area contributed by atoms with Gasteiger partial charge in [-0.2, -0.15) is 0 Å². The summed E-state index contributed by atoms with van der Waals surface area (Å²) >= 11 is 6.02. The normalized spacial score (nSPS) is 14.3. The second-order valence-electron chi connectivity index (χ2n) is 7.53. The number of fused-ring (bicyclic) bond motifs is 1. The number of benzene rings is 2. The first-order valence-electron chi connectivity index (χ1n) is 9.75. The minimum Gasteiger partial charge on any atom is -0.335 e. The van der Waals surface area contributed by atoms with Crippen LogP contribution in [0.2, 0.25) is 5.02 Å². The molecule has 0 saturated carbocycles. The Bertz CT molecular complexity index is 1160. The van der Waals surface area contributed by atoms with E-state index in [1.54, 1.807) is 9.80 Å². The maximum atomic E-state index is 13.2. The number of hydrogen-bond donors (Lipinski definition) is 0. The van der Waals surface area contributed by atoms with E-state index in [4.69, 9.17) is 11.6 Å². The van der Waals surface area contributed by atoms with Crippen molar-refractivity contribution in [2.24, 2.45) is 0 Å². The summed E-state index contributed by atoms with van der Waals surface area (Å²) in [6.07, 6.45) is 0. The van der Waals surface area contributed by atoms with Gasteiger partial charge >= 0.3 is 0 Å². The van der Waals surface area contributed by atoms with Crippen molar-refractivity contribution in [1.82, 2.24) is 14.8 Å². The summed E-state index contributed by atoms with van der Waals surface area (Å²) in [6, 6.07) is 11.6. The maximum absolute atomic E-state index is 13.2. The van der Waals surface area contributed by atoms with E-state index in [0.717, 1.165) is 22.5 Å². The van der Waals surface area contributed by atoms with Crippen LogP contribution in [0.4, 0.5) is 4.39 Å². The van der Waals surface area contributed by atoms with Gasteiger partial charge in [0.25, 0.3) is 11.8 Å². The number of hydrogen-bond acceptors (Lipinski definition) is 3. The molecule has 1 aliphatic heterocycles. The third-order valence-corrected chi connectivity index (χ3v) is 5.72. The van der Waals surface area contributed by atoms with Crippen LogP contribution in [0.15, 0.2) is 42.5 Å². The number of carbonyl (C=O) groups is 2. The van der Waals surface area contributed by atoms with E-state index in [2.05, 4.69) is 4.98 Å². The van der Waals surface area contributed by atoms with Gasteiger partial charge in [0.1, 0.15) is 5.82 Å². The van der Waals surface area contributed by atoms with Crippen LogP contribution < -0.4 is 0 Å². The van der Waals surface area contributed by atoms with Gasteiger partial charge in [-0.1, -0.05) is 23.2 Å². The zero-order chi connectivity index (χ0) is 21.4. The van der Waals surface area contributed by atoms with Crippen LogP contribution in [0.25, 0.3) is 10.9 Å². The van der Waals surface area contributed by atoms with Crippen LogP contribution in [0, 0.1) is 19.7 Å². The standard InChI is InChI=1S/C23H21ClFN3O2/c1-14-3-6-21-16(11-14)12-19(15(2)26-21)23(30)28-9-7-27(8-10-28)22(29)18-5-4-17(25)13-20(18)24/h3-6,11-13H,7-10H2,1-2H3. The largest absolute Gasteiger partial charge is 0.335 e. The second kappa shape index (κ2) is 8.03. The van der Waals surface area contributed by atoms with Crippen molar-refractivity contribution in [2.75, 3.05) is 26.2 Å². The van der Waals surface area contributed by atoms with Gasteiger partial charge in [-0.25, -0.2) is 4.39 Å². The molecule has 4 rings (SSSR count). The second-order valence-corrected chi connectivity index (χ2v) is 7.93. The SMILES string of the molecule is Cc1ccc2nc(C)c(C(=O)N3CCN(C(=O)c4ccc(F)cc4Cl)CC3)cc2c1. The number of carbonyl (C=O) groups excluding carboxylic acids is 2. The predicted octanol–water partition coefficient (Wildman–Crippen LogP) is 4.24. The molecular formula is C23H21ClFN3O2. The summed E-state index contributed by atoms with van der Waals surface area (Å²) in [5.41, 5.74) is 3.50. The Labute approximate surface area is 179 Å². The number of aryl methyl sites for hydroxylation is 2. The third kappa shape index (κ3) is 3.87. The lowest BCUT2D eigenvalue weighted by Gasteiger charge is -2.35. The van der Waals surface area contributed by atoms with Gasteiger partial charge in [0.15, 0.2) is 0 Å². The van der Waals surface area contributed by atoms with Crippen molar-refractivity contribution in [3.05, 3.63) is 75.7 Å². The van der Waals surface area contributed by atoms with Gasteiger partial charge in [-0.15, -0.1) is 0 Å². The van der Waals surface area contributed by atoms with E-state index in [1.165, 1.54) is 12.1 Å². The number of rotatable bonds is 2. The fourth-order valence-corrected chi connectivity index (χ4v) is 3.97. The van der Waals surface area contributed by atoms with Gasteiger partial charge in [0.05, 0.1) is 27.4 Å². The van der Waals surface area contributed by atoms with Crippen molar-refractivity contribution in [1.29, 1.82) is 0 Å². The van der Waals surface area contributed by atoms with Gasteiger partial charge in [-0.3, -0.25) is 14.6 Å². The first-order valence-corrected chi connectivity index (χ1v) is 10.1. The van der Waals surface area contributed by atoms with Crippen molar-refractivity contribution >= 4 is 34.3 Å². The number of amides is 2. The first-order chi connectivity index (χ1) is 14.3. The van der Waals surface area contributed by atoms with Crippen LogP contribution in [-0.4, -0.2) is 52.8 Å². The summed E-state index contributed by atoms with van der Waals surface area (Å²) in [7, 11) is 0. The third-order valence-electron chi connectivity index (χ3n) is 5.41. The maximum Gasteiger partial charge on any atom is 0.255 e. The molecule has 154 valence electrons. The number of piperazine rings is 1. The monoisotopic (exact) mass is 425 g/mol. The van der Waals surface area contributed by atoms with Crippen LogP contribution in [0.5, 0.6) is 0 Å². The highest BCUT2D eigenvalue weighted by Gasteiger charge is 2.27. The molecule has 1 fully saturated rings. The fourth-order valence-electron chi connectivity index (χ4n) is 3.72. The van der Waals surface area contributed by atoms with Crippen molar-refractivity contribution in [3.8, 4) is 0 Å². The molecule has 0 unspecified atom stereocenters. The van der Waals surface area contributed by atoms with Crippen molar-refractivity contribution < 1.29 is 14.0 Å². The van der Waals surface area contributed by atoms with Gasteiger partial charge < -0.3 is 9.80 Å². The topological polar surface area (TPSA) is 53.5 Å². The van der Waals surface area contributed by atoms with Crippen LogP contribution in [0.3, 0.4) is 0 Å². The van der Waals surface area contributed by atoms with Crippen LogP contribution >= 0.6 is 11.6 Å². The van der Waals surface area contributed by atoms with Gasteiger partial charge in [0.2, 0.25) is 0 Å². The quantitative estimate of drug-likeness (QED) is 0.617. The smallest absolute Gasteiger partial charge is 0.255 e. The zero-order valence-corrected chi connectivity index (χ0v) is 17.5. The summed E-state index contributed by atoms with van der Waals surface area (Å²) < 4.78 is 13.2. The number of pyridine rings is 1. The van der Waals surface area contributed by atoms with E-state index in [1.807, 2.05) is 38.1 Å². The Morgan fingerprint density at radius 2 is 1.53 bits per heavy atom. The Kier molecular flexibility index (Phi) is 5.43. The molecule has 0 atom stereocenters. The molecular weight excluding hydrogens is 405 g/mol. The molecule has 1 aliphatic rings. The molecule has 2 heterocycles. The molecule has 7 heteroatoms. The van der Waals surface area contributed by atoms with E-state index < -0.39 is 5.82 Å². The molecule has 1 aromatic heterocycles. The van der Waals surface area contributed by atoms with Gasteiger partial charge in [-0.05, 0) is 50.2 Å². The number of halogens is 2. The number of nitrogens with zero attached hydrogens (tertiary/aromatic N) is 3. The highest BCUT2D eigenvalue weighted by atomic mass is 35.5. The average Bonchev–Trinajstić information content (AvgIpc) is 2.73. The van der Waals surface area contributed by atoms with E-state index in [0.29, 0.717) is 37.4 Å². The molecule has 30 heavy (non-hydrogen) atoms. The zero-order valence-electron chi connectivity index (χ0n) is 16.8. The average molecular weight is 426 g/mol. The Balaban J connectivity index is 1.49. The predicted molar refractivity (Wildman–Crippen MR) is 114 cm³/mol. The highest BCUT2D eigenvalue weighted by molar-refractivity contribution is 6.33. The summed E-state index contributed by atoms with van der Waals surface area (Å²) in [5.74, 6) is -0.831. The molecule has 2 aromatic carbocycles. The minimum atomic E-state index is -0.485. The first kappa shape index (κ1) is 20.3. The Morgan fingerprint density at radius 1 is 0.900 bits per heavy atom. The Morgan fingerprint density at radius 3 is 2.17 bits per heavy atom. The molecule has 1 saturated heterocycles. The van der Waals surface area contributed by atoms with E-state index >= 15 is 0 Å². The number of aromatic nitrogens is 1. The lowest BCUT2D eigenvalue weighted by molar-refractivity contribution is 0.0535. The Hall–Kier alpha value is -2.99. The molecule has 0 bridgehead atoms. The summed E-state index contributed by atoms with van der Waals surface area (Å²) in [5, 5.41) is 1.02. The highest BCUT2D eigenvalue weighted by Crippen LogP contribution is 2.22. The minimum absolute atomic E-state index is 0.0877. The molecule has 0 aliphatic carbocycles. The van der Waals surface area contributed by atoms with Crippen molar-refractivity contribution in [2.45, 2.75) is 13.8 Å². The lowest BCUT2D eigenvalue weighted by Crippen LogP contribution is -2.50. The summed E-state index contributed by atoms with van der Waals surface area (Å²) in [4.78, 5) is 33.8.